The number of hydrogen-bond acceptors (Lipinski definition) is 6. The first-order chi connectivity index (χ1) is 13.4. The van der Waals surface area contributed by atoms with Crippen LogP contribution in [-0.2, 0) is 26.0 Å². The predicted molar refractivity (Wildman–Crippen MR) is 95.2 cm³/mol. The second-order valence-electron chi connectivity index (χ2n) is 6.62. The van der Waals surface area contributed by atoms with Gasteiger partial charge in [0.05, 0.1) is 13.8 Å². The van der Waals surface area contributed by atoms with Crippen LogP contribution in [0.1, 0.15) is 41.6 Å². The van der Waals surface area contributed by atoms with E-state index in [0.29, 0.717) is 18.4 Å². The standard InChI is InChI=1S/C17H18BF3O7S/c18-8-10-5-6-12(13(7-10)27-15(22)11-3-1-2-4-11)16(23)28-14(17(19,20)21)9-29(24,25)26/h5-7,11,14H,1-4,8-9H2,(H,24,25,26). The Bertz CT molecular complexity index is 864. The van der Waals surface area contributed by atoms with Crippen molar-refractivity contribution < 1.29 is 45.2 Å². The molecule has 1 saturated carbocycles. The zero-order valence-electron chi connectivity index (χ0n) is 15.1. The molecule has 0 aromatic heterocycles. The van der Waals surface area contributed by atoms with Crippen LogP contribution < -0.4 is 4.74 Å². The van der Waals surface area contributed by atoms with Gasteiger partial charge < -0.3 is 9.47 Å². The first-order valence-corrected chi connectivity index (χ1v) is 10.3. The molecule has 1 fully saturated rings. The molecule has 0 heterocycles. The Morgan fingerprint density at radius 1 is 1.24 bits per heavy atom. The minimum atomic E-state index is -5.25. The summed E-state index contributed by atoms with van der Waals surface area (Å²) in [5.74, 6) is -4.77. The molecule has 1 unspecified atom stereocenters. The molecule has 158 valence electrons. The van der Waals surface area contributed by atoms with Crippen molar-refractivity contribution in [2.24, 2.45) is 5.92 Å². The van der Waals surface area contributed by atoms with Crippen LogP contribution in [0.4, 0.5) is 13.2 Å². The average Bonchev–Trinajstić information content (AvgIpc) is 3.13. The second-order valence-corrected chi connectivity index (χ2v) is 8.12. The summed E-state index contributed by atoms with van der Waals surface area (Å²) >= 11 is 0. The molecule has 1 aromatic rings. The first kappa shape index (κ1) is 23.2. The number of halogens is 3. The van der Waals surface area contributed by atoms with Gasteiger partial charge in [-0.1, -0.05) is 30.8 Å². The Labute approximate surface area is 166 Å². The fraction of sp³-hybridized carbons (Fsp3) is 0.529. The van der Waals surface area contributed by atoms with Crippen LogP contribution in [0.25, 0.3) is 0 Å². The Morgan fingerprint density at radius 2 is 1.86 bits per heavy atom. The van der Waals surface area contributed by atoms with Gasteiger partial charge >= 0.3 is 18.1 Å². The summed E-state index contributed by atoms with van der Waals surface area (Å²) < 4.78 is 78.9. The highest BCUT2D eigenvalue weighted by molar-refractivity contribution is 7.85. The van der Waals surface area contributed by atoms with Crippen molar-refractivity contribution in [1.29, 1.82) is 0 Å². The van der Waals surface area contributed by atoms with Gasteiger partial charge in [-0.2, -0.15) is 21.6 Å². The minimum Gasteiger partial charge on any atom is -0.448 e. The van der Waals surface area contributed by atoms with Crippen molar-refractivity contribution in [3.8, 4) is 5.75 Å². The predicted octanol–water partition coefficient (Wildman–Crippen LogP) is 2.43. The molecular formula is C17H18BF3O7S. The molecule has 0 bridgehead atoms. The van der Waals surface area contributed by atoms with E-state index in [-0.39, 0.29) is 18.0 Å². The monoisotopic (exact) mass is 434 g/mol. The molecule has 1 N–H and O–H groups in total. The number of benzene rings is 1. The quantitative estimate of drug-likeness (QED) is 0.304. The van der Waals surface area contributed by atoms with Gasteiger partial charge in [-0.05, 0) is 25.0 Å². The van der Waals surface area contributed by atoms with Crippen LogP contribution in [0.5, 0.6) is 5.75 Å². The SMILES string of the molecule is [B]Cc1ccc(C(=O)OC(CS(=O)(=O)O)C(F)(F)F)c(OC(=O)C2CCCC2)c1. The molecule has 7 nitrogen and oxygen atoms in total. The highest BCUT2D eigenvalue weighted by Gasteiger charge is 2.46. The third kappa shape index (κ3) is 6.74. The molecule has 0 amide bonds. The number of esters is 2. The zero-order chi connectivity index (χ0) is 21.8. The van der Waals surface area contributed by atoms with Gasteiger partial charge in [-0.15, -0.1) is 0 Å². The highest BCUT2D eigenvalue weighted by Crippen LogP contribution is 2.30. The van der Waals surface area contributed by atoms with Crippen LogP contribution in [0.15, 0.2) is 18.2 Å². The van der Waals surface area contributed by atoms with Crippen molar-refractivity contribution >= 4 is 29.9 Å². The molecule has 12 heteroatoms. The van der Waals surface area contributed by atoms with E-state index < -0.39 is 45.7 Å². The molecule has 29 heavy (non-hydrogen) atoms. The van der Waals surface area contributed by atoms with E-state index in [9.17, 15) is 31.2 Å². The molecule has 1 atom stereocenters. The van der Waals surface area contributed by atoms with Gasteiger partial charge in [0.15, 0.2) is 0 Å². The highest BCUT2D eigenvalue weighted by atomic mass is 32.2. The minimum absolute atomic E-state index is 0.0111. The maximum absolute atomic E-state index is 13.0. The lowest BCUT2D eigenvalue weighted by Crippen LogP contribution is -2.39. The van der Waals surface area contributed by atoms with Gasteiger partial charge in [0.2, 0.25) is 6.10 Å². The van der Waals surface area contributed by atoms with Crippen LogP contribution >= 0.6 is 0 Å². The summed E-state index contributed by atoms with van der Waals surface area (Å²) in [5.41, 5.74) is -0.0563. The molecule has 1 aliphatic carbocycles. The van der Waals surface area contributed by atoms with E-state index in [2.05, 4.69) is 4.74 Å². The lowest BCUT2D eigenvalue weighted by Gasteiger charge is -2.20. The van der Waals surface area contributed by atoms with E-state index in [1.54, 1.807) is 0 Å². The van der Waals surface area contributed by atoms with E-state index in [4.69, 9.17) is 17.1 Å². The van der Waals surface area contributed by atoms with Crippen molar-refractivity contribution in [1.82, 2.24) is 0 Å². The summed E-state index contributed by atoms with van der Waals surface area (Å²) in [6.45, 7) is 0. The average molecular weight is 434 g/mol. The Hall–Kier alpha value is -2.08. The molecule has 2 radical (unpaired) electrons. The molecular weight excluding hydrogens is 416 g/mol. The first-order valence-electron chi connectivity index (χ1n) is 8.68. The Balaban J connectivity index is 2.28. The van der Waals surface area contributed by atoms with E-state index in [1.165, 1.54) is 12.1 Å². The number of rotatable bonds is 7. The topological polar surface area (TPSA) is 107 Å². The zero-order valence-corrected chi connectivity index (χ0v) is 16.0. The summed E-state index contributed by atoms with van der Waals surface area (Å²) in [6, 6.07) is 3.63. The Kier molecular flexibility index (Phi) is 7.33. The normalized spacial score (nSPS) is 16.4. The third-order valence-electron chi connectivity index (χ3n) is 4.38. The molecule has 1 aromatic carbocycles. The Morgan fingerprint density at radius 3 is 2.38 bits per heavy atom. The summed E-state index contributed by atoms with van der Waals surface area (Å²) in [5, 5.41) is 0. The van der Waals surface area contributed by atoms with Gasteiger partial charge in [-0.3, -0.25) is 9.35 Å². The lowest BCUT2D eigenvalue weighted by molar-refractivity contribution is -0.197. The summed E-state index contributed by atoms with van der Waals surface area (Å²) in [6.07, 6.45) is -5.47. The van der Waals surface area contributed by atoms with Crippen LogP contribution in [0, 0.1) is 5.92 Å². The van der Waals surface area contributed by atoms with Gasteiger partial charge in [0, 0.05) is 0 Å². The molecule has 1 aliphatic rings. The third-order valence-corrected chi connectivity index (χ3v) is 5.10. The van der Waals surface area contributed by atoms with Gasteiger partial charge in [0.1, 0.15) is 17.1 Å². The number of carbonyl (C=O) groups excluding carboxylic acids is 2. The fourth-order valence-corrected chi connectivity index (χ4v) is 3.52. The number of ether oxygens (including phenoxy) is 2. The largest absolute Gasteiger partial charge is 0.448 e. The summed E-state index contributed by atoms with van der Waals surface area (Å²) in [7, 11) is 0.421. The van der Waals surface area contributed by atoms with E-state index >= 15 is 0 Å². The number of hydrogen-bond donors (Lipinski definition) is 1. The molecule has 2 rings (SSSR count). The van der Waals surface area contributed by atoms with Crippen molar-refractivity contribution in [3.63, 3.8) is 0 Å². The van der Waals surface area contributed by atoms with Gasteiger partial charge in [0.25, 0.3) is 10.1 Å². The lowest BCUT2D eigenvalue weighted by atomic mass is 9.95. The van der Waals surface area contributed by atoms with Crippen molar-refractivity contribution in [2.45, 2.75) is 44.3 Å². The number of carbonyl (C=O) groups is 2. The molecule has 0 saturated heterocycles. The van der Waals surface area contributed by atoms with Gasteiger partial charge in [-0.25, -0.2) is 4.79 Å². The van der Waals surface area contributed by atoms with Crippen molar-refractivity contribution in [3.05, 3.63) is 29.3 Å². The van der Waals surface area contributed by atoms with Crippen LogP contribution in [0.3, 0.4) is 0 Å². The smallest absolute Gasteiger partial charge is 0.426 e. The summed E-state index contributed by atoms with van der Waals surface area (Å²) in [4.78, 5) is 24.5. The fourth-order valence-electron chi connectivity index (χ4n) is 2.88. The molecule has 0 aliphatic heterocycles. The van der Waals surface area contributed by atoms with Crippen molar-refractivity contribution in [2.75, 3.05) is 5.75 Å². The van der Waals surface area contributed by atoms with Crippen LogP contribution in [-0.4, -0.2) is 50.8 Å². The maximum Gasteiger partial charge on any atom is 0.426 e. The van der Waals surface area contributed by atoms with E-state index in [0.717, 1.165) is 18.9 Å². The van der Waals surface area contributed by atoms with E-state index in [1.807, 2.05) is 0 Å². The number of alkyl halides is 3. The molecule has 0 spiro atoms. The maximum atomic E-state index is 13.0. The second kappa shape index (κ2) is 9.16. The van der Waals surface area contributed by atoms with Crippen LogP contribution in [0.2, 0.25) is 0 Å².